The maximum absolute atomic E-state index is 4.82. The molecule has 0 aliphatic heterocycles. The van der Waals surface area contributed by atoms with Crippen molar-refractivity contribution in [2.75, 3.05) is 0 Å². The number of benzene rings is 1. The lowest BCUT2D eigenvalue weighted by atomic mass is 10.0. The van der Waals surface area contributed by atoms with Gasteiger partial charge >= 0.3 is 0 Å². The Hall–Kier alpha value is -2.47. The van der Waals surface area contributed by atoms with E-state index in [1.165, 1.54) is 11.1 Å². The van der Waals surface area contributed by atoms with Crippen LogP contribution in [0, 0.1) is 0 Å². The highest BCUT2D eigenvalue weighted by atomic mass is 32.0. The molecule has 0 aliphatic rings. The predicted octanol–water partition coefficient (Wildman–Crippen LogP) is 5.57. The first kappa shape index (κ1) is 17.9. The fourth-order valence-corrected chi connectivity index (χ4v) is 4.34. The molecule has 132 valence electrons. The summed E-state index contributed by atoms with van der Waals surface area (Å²) in [4.78, 5) is 13.8. The van der Waals surface area contributed by atoms with Crippen molar-refractivity contribution in [3.05, 3.63) is 90.8 Å². The molecule has 0 amide bonds. The summed E-state index contributed by atoms with van der Waals surface area (Å²) in [5.41, 5.74) is 7.12. The molecule has 0 saturated heterocycles. The number of hydrogen-bond donors (Lipinski definition) is 0. The van der Waals surface area contributed by atoms with Gasteiger partial charge in [0, 0.05) is 26.8 Å². The zero-order chi connectivity index (χ0) is 18.5. The Kier molecular flexibility index (Phi) is 5.63. The number of rotatable bonds is 5. The van der Waals surface area contributed by atoms with E-state index >= 15 is 0 Å². The van der Waals surface area contributed by atoms with Gasteiger partial charge in [0.05, 0.1) is 22.8 Å². The summed E-state index contributed by atoms with van der Waals surface area (Å²) in [5.74, 6) is 0. The molecular weight excluding hydrogens is 368 g/mol. The molecule has 3 heterocycles. The monoisotopic (exact) mass is 388 g/mol. The molecule has 2 unspecified atom stereocenters. The number of pyridine rings is 3. The van der Waals surface area contributed by atoms with Crippen molar-refractivity contribution >= 4 is 17.2 Å². The van der Waals surface area contributed by atoms with E-state index in [1.54, 1.807) is 12.4 Å². The van der Waals surface area contributed by atoms with Crippen LogP contribution in [0.15, 0.2) is 85.2 Å². The van der Waals surface area contributed by atoms with Gasteiger partial charge in [-0.3, -0.25) is 9.97 Å². The van der Waals surface area contributed by atoms with Crippen molar-refractivity contribution in [1.82, 2.24) is 15.0 Å². The van der Waals surface area contributed by atoms with E-state index in [0.717, 1.165) is 42.8 Å². The van der Waals surface area contributed by atoms with Crippen LogP contribution < -0.4 is 0 Å². The highest BCUT2D eigenvalue weighted by molar-refractivity contribution is 8.02. The van der Waals surface area contributed by atoms with Gasteiger partial charge in [0.25, 0.3) is 0 Å². The lowest BCUT2D eigenvalue weighted by Gasteiger charge is -2.10. The van der Waals surface area contributed by atoms with Crippen molar-refractivity contribution in [2.45, 2.75) is 6.16 Å². The molecule has 0 aliphatic carbocycles. The summed E-state index contributed by atoms with van der Waals surface area (Å²) in [6, 6.07) is 24.8. The lowest BCUT2D eigenvalue weighted by Crippen LogP contribution is -1.94. The standard InChI is InChI=1S/C22H19N3P2/c26-27-15-16-7-9-17(10-8-16)18-13-21(19-5-1-3-11-23-19)25-22(14-18)20-6-2-4-12-24-20/h1-14,27H,15,26H2/p+1. The Labute approximate surface area is 163 Å². The topological polar surface area (TPSA) is 38.7 Å². The second kappa shape index (κ2) is 8.48. The molecule has 0 bridgehead atoms. The van der Waals surface area contributed by atoms with Crippen molar-refractivity contribution in [3.63, 3.8) is 0 Å². The Morgan fingerprint density at radius 1 is 0.667 bits per heavy atom. The SMILES string of the molecule is [PH3+]PCc1ccc(-c2cc(-c3ccccn3)nc(-c3ccccn3)c2)cc1. The van der Waals surface area contributed by atoms with Gasteiger partial charge in [-0.05, 0) is 62.0 Å². The largest absolute Gasteiger partial charge is 0.255 e. The van der Waals surface area contributed by atoms with E-state index in [-0.39, 0.29) is 0 Å². The molecule has 3 nitrogen and oxygen atoms in total. The summed E-state index contributed by atoms with van der Waals surface area (Å²) in [6.07, 6.45) is 4.74. The minimum Gasteiger partial charge on any atom is -0.255 e. The van der Waals surface area contributed by atoms with Crippen LogP contribution >= 0.6 is 17.2 Å². The molecule has 0 saturated carbocycles. The summed E-state index contributed by atoms with van der Waals surface area (Å²) < 4.78 is 0. The van der Waals surface area contributed by atoms with Crippen molar-refractivity contribution < 1.29 is 0 Å². The Balaban J connectivity index is 1.83. The molecule has 3 aromatic heterocycles. The van der Waals surface area contributed by atoms with Gasteiger partial charge in [-0.2, -0.15) is 0 Å². The molecule has 0 radical (unpaired) electrons. The van der Waals surface area contributed by atoms with Crippen LogP contribution in [0.5, 0.6) is 0 Å². The van der Waals surface area contributed by atoms with Crippen molar-refractivity contribution in [1.29, 1.82) is 0 Å². The zero-order valence-corrected chi connectivity index (χ0v) is 17.3. The molecule has 1 aromatic carbocycles. The van der Waals surface area contributed by atoms with Crippen LogP contribution in [-0.2, 0) is 6.16 Å². The fourth-order valence-electron chi connectivity index (χ4n) is 2.95. The number of aromatic nitrogens is 3. The van der Waals surface area contributed by atoms with Gasteiger partial charge in [0.2, 0.25) is 0 Å². The van der Waals surface area contributed by atoms with Crippen LogP contribution in [-0.4, -0.2) is 15.0 Å². The zero-order valence-electron chi connectivity index (χ0n) is 14.8. The first-order valence-electron chi connectivity index (χ1n) is 8.77. The van der Waals surface area contributed by atoms with Crippen LogP contribution in [0.1, 0.15) is 5.56 Å². The molecule has 0 N–H and O–H groups in total. The molecule has 4 aromatic rings. The summed E-state index contributed by atoms with van der Waals surface area (Å²) in [7, 11) is 3.00. The molecule has 0 spiro atoms. The van der Waals surface area contributed by atoms with Gasteiger partial charge in [0.15, 0.2) is 0 Å². The normalized spacial score (nSPS) is 11.3. The Bertz CT molecular complexity index is 963. The maximum Gasteiger partial charge on any atom is 0.0900 e. The van der Waals surface area contributed by atoms with Crippen LogP contribution in [0.4, 0.5) is 0 Å². The van der Waals surface area contributed by atoms with Gasteiger partial charge in [-0.15, -0.1) is 0 Å². The van der Waals surface area contributed by atoms with E-state index in [9.17, 15) is 0 Å². The summed E-state index contributed by atoms with van der Waals surface area (Å²) in [5, 5.41) is 0. The van der Waals surface area contributed by atoms with E-state index in [4.69, 9.17) is 4.98 Å². The predicted molar refractivity (Wildman–Crippen MR) is 119 cm³/mol. The maximum atomic E-state index is 4.82. The van der Waals surface area contributed by atoms with Crippen molar-refractivity contribution in [3.8, 4) is 33.9 Å². The minimum absolute atomic E-state index is 0.856. The fraction of sp³-hybridized carbons (Fsp3) is 0.0455. The summed E-state index contributed by atoms with van der Waals surface area (Å²) >= 11 is 0. The average molecular weight is 388 g/mol. The second-order valence-corrected chi connectivity index (χ2v) is 8.53. The highest BCUT2D eigenvalue weighted by Gasteiger charge is 2.10. The Morgan fingerprint density at radius 2 is 1.26 bits per heavy atom. The molecule has 2 atom stereocenters. The molecular formula is C22H20N3P2+. The van der Waals surface area contributed by atoms with Crippen LogP contribution in [0.25, 0.3) is 33.9 Å². The van der Waals surface area contributed by atoms with E-state index in [0.29, 0.717) is 0 Å². The smallest absolute Gasteiger partial charge is 0.0900 e. The molecule has 0 fully saturated rings. The lowest BCUT2D eigenvalue weighted by molar-refractivity contribution is 1.22. The average Bonchev–Trinajstić information content (AvgIpc) is 2.75. The number of nitrogens with zero attached hydrogens (tertiary/aromatic N) is 3. The number of hydrogen-bond acceptors (Lipinski definition) is 3. The quantitative estimate of drug-likeness (QED) is 0.419. The first-order valence-corrected chi connectivity index (χ1v) is 12.3. The third kappa shape index (κ3) is 4.27. The first-order chi connectivity index (χ1) is 13.3. The van der Waals surface area contributed by atoms with E-state index in [1.807, 2.05) is 45.3 Å². The van der Waals surface area contributed by atoms with Crippen LogP contribution in [0.2, 0.25) is 0 Å². The van der Waals surface area contributed by atoms with Gasteiger partial charge in [0.1, 0.15) is 0 Å². The van der Waals surface area contributed by atoms with Crippen molar-refractivity contribution in [2.24, 2.45) is 0 Å². The third-order valence-electron chi connectivity index (χ3n) is 4.30. The highest BCUT2D eigenvalue weighted by Crippen LogP contribution is 2.30. The van der Waals surface area contributed by atoms with Gasteiger partial charge in [-0.25, -0.2) is 4.98 Å². The van der Waals surface area contributed by atoms with E-state index < -0.39 is 0 Å². The minimum atomic E-state index is 0.856. The van der Waals surface area contributed by atoms with Crippen LogP contribution in [0.3, 0.4) is 0 Å². The Morgan fingerprint density at radius 3 is 1.74 bits per heavy atom. The van der Waals surface area contributed by atoms with Gasteiger partial charge in [-0.1, -0.05) is 36.4 Å². The molecule has 4 rings (SSSR count). The molecule has 5 heteroatoms. The summed E-state index contributed by atoms with van der Waals surface area (Å²) in [6.45, 7) is 0. The van der Waals surface area contributed by atoms with Gasteiger partial charge < -0.3 is 0 Å². The second-order valence-electron chi connectivity index (χ2n) is 6.18. The van der Waals surface area contributed by atoms with E-state index in [2.05, 4.69) is 46.4 Å². The molecule has 27 heavy (non-hydrogen) atoms. The third-order valence-corrected chi connectivity index (χ3v) is 5.70.